The van der Waals surface area contributed by atoms with Gasteiger partial charge in [-0.2, -0.15) is 0 Å². The Balaban J connectivity index is 2.20. The Morgan fingerprint density at radius 3 is 2.15 bits per heavy atom. The number of hydrogen-bond donors (Lipinski definition) is 2. The standard InChI is InChI=1S/C14H11F3N2O/c1-18-9-4-2-8(3-5-9)14(20)19-13-7-11(16)10(15)6-12(13)17/h2-7,18H,1H3,(H,19,20). The third kappa shape index (κ3) is 2.90. The average Bonchev–Trinajstić information content (AvgIpc) is 2.44. The zero-order chi connectivity index (χ0) is 14.7. The van der Waals surface area contributed by atoms with Crippen LogP contribution in [-0.4, -0.2) is 13.0 Å². The van der Waals surface area contributed by atoms with Crippen molar-refractivity contribution in [1.82, 2.24) is 0 Å². The molecule has 0 radical (unpaired) electrons. The first kappa shape index (κ1) is 13.9. The third-order valence-corrected chi connectivity index (χ3v) is 2.69. The minimum atomic E-state index is -1.31. The normalized spacial score (nSPS) is 10.2. The molecule has 1 amide bonds. The van der Waals surface area contributed by atoms with E-state index in [0.717, 1.165) is 5.69 Å². The molecule has 0 spiro atoms. The minimum absolute atomic E-state index is 0.271. The summed E-state index contributed by atoms with van der Waals surface area (Å²) in [5, 5.41) is 5.07. The number of carbonyl (C=O) groups excluding carboxylic acids is 1. The number of hydrogen-bond acceptors (Lipinski definition) is 2. The molecular weight excluding hydrogens is 269 g/mol. The lowest BCUT2D eigenvalue weighted by Gasteiger charge is -2.08. The second-order valence-electron chi connectivity index (χ2n) is 4.03. The number of rotatable bonds is 3. The van der Waals surface area contributed by atoms with Crippen LogP contribution in [-0.2, 0) is 0 Å². The van der Waals surface area contributed by atoms with E-state index in [1.54, 1.807) is 19.2 Å². The number of amides is 1. The number of benzene rings is 2. The van der Waals surface area contributed by atoms with Crippen LogP contribution >= 0.6 is 0 Å². The van der Waals surface area contributed by atoms with E-state index >= 15 is 0 Å². The van der Waals surface area contributed by atoms with Gasteiger partial charge in [-0.1, -0.05) is 0 Å². The van der Waals surface area contributed by atoms with Crippen LogP contribution in [0.15, 0.2) is 36.4 Å². The third-order valence-electron chi connectivity index (χ3n) is 2.69. The van der Waals surface area contributed by atoms with Gasteiger partial charge < -0.3 is 10.6 Å². The lowest BCUT2D eigenvalue weighted by molar-refractivity contribution is 0.102. The van der Waals surface area contributed by atoms with Gasteiger partial charge in [-0.3, -0.25) is 4.79 Å². The van der Waals surface area contributed by atoms with Crippen molar-refractivity contribution >= 4 is 17.3 Å². The molecule has 0 atom stereocenters. The van der Waals surface area contributed by atoms with Gasteiger partial charge in [0.05, 0.1) is 5.69 Å². The van der Waals surface area contributed by atoms with Gasteiger partial charge in [0.1, 0.15) is 5.82 Å². The fourth-order valence-corrected chi connectivity index (χ4v) is 1.60. The number of carbonyl (C=O) groups is 1. The number of halogens is 3. The highest BCUT2D eigenvalue weighted by Crippen LogP contribution is 2.19. The Bertz CT molecular complexity index is 642. The highest BCUT2D eigenvalue weighted by molar-refractivity contribution is 6.04. The van der Waals surface area contributed by atoms with Crippen LogP contribution in [0.3, 0.4) is 0 Å². The molecule has 0 fully saturated rings. The summed E-state index contributed by atoms with van der Waals surface area (Å²) in [7, 11) is 1.73. The van der Waals surface area contributed by atoms with Gasteiger partial charge in [0.15, 0.2) is 11.6 Å². The maximum absolute atomic E-state index is 13.4. The van der Waals surface area contributed by atoms with Gasteiger partial charge in [0.25, 0.3) is 5.91 Å². The molecule has 2 rings (SSSR count). The van der Waals surface area contributed by atoms with E-state index in [4.69, 9.17) is 0 Å². The Labute approximate surface area is 113 Å². The van der Waals surface area contributed by atoms with Crippen molar-refractivity contribution in [1.29, 1.82) is 0 Å². The van der Waals surface area contributed by atoms with Crippen LogP contribution in [0, 0.1) is 17.5 Å². The van der Waals surface area contributed by atoms with E-state index in [0.29, 0.717) is 12.1 Å². The van der Waals surface area contributed by atoms with E-state index in [1.165, 1.54) is 12.1 Å². The number of nitrogens with one attached hydrogen (secondary N) is 2. The zero-order valence-corrected chi connectivity index (χ0v) is 10.5. The molecule has 0 aliphatic rings. The van der Waals surface area contributed by atoms with Crippen molar-refractivity contribution in [3.63, 3.8) is 0 Å². The van der Waals surface area contributed by atoms with Gasteiger partial charge in [-0.25, -0.2) is 13.2 Å². The van der Waals surface area contributed by atoms with Crippen LogP contribution < -0.4 is 10.6 Å². The van der Waals surface area contributed by atoms with Crippen LogP contribution in [0.2, 0.25) is 0 Å². The molecule has 6 heteroatoms. The second-order valence-corrected chi connectivity index (χ2v) is 4.03. The molecule has 104 valence electrons. The summed E-state index contributed by atoms with van der Waals surface area (Å²) in [6, 6.07) is 7.37. The average molecular weight is 280 g/mol. The summed E-state index contributed by atoms with van der Waals surface area (Å²) in [5.41, 5.74) is 0.667. The minimum Gasteiger partial charge on any atom is -0.388 e. The van der Waals surface area contributed by atoms with Crippen LogP contribution in [0.1, 0.15) is 10.4 Å². The SMILES string of the molecule is CNc1ccc(C(=O)Nc2cc(F)c(F)cc2F)cc1. The predicted molar refractivity (Wildman–Crippen MR) is 70.3 cm³/mol. The van der Waals surface area contributed by atoms with Crippen molar-refractivity contribution in [2.75, 3.05) is 17.7 Å². The van der Waals surface area contributed by atoms with Crippen LogP contribution in [0.25, 0.3) is 0 Å². The maximum atomic E-state index is 13.4. The fraction of sp³-hybridized carbons (Fsp3) is 0.0714. The summed E-state index contributed by atoms with van der Waals surface area (Å²) < 4.78 is 39.2. The Kier molecular flexibility index (Phi) is 3.93. The fourth-order valence-electron chi connectivity index (χ4n) is 1.60. The lowest BCUT2D eigenvalue weighted by atomic mass is 10.2. The zero-order valence-electron chi connectivity index (χ0n) is 10.5. The Hall–Kier alpha value is -2.50. The summed E-state index contributed by atoms with van der Waals surface area (Å²) in [6.07, 6.45) is 0. The Morgan fingerprint density at radius 2 is 1.55 bits per heavy atom. The molecule has 0 aromatic heterocycles. The smallest absolute Gasteiger partial charge is 0.255 e. The van der Waals surface area contributed by atoms with Gasteiger partial charge in [-0.05, 0) is 24.3 Å². The maximum Gasteiger partial charge on any atom is 0.255 e. The quantitative estimate of drug-likeness (QED) is 0.846. The van der Waals surface area contributed by atoms with E-state index in [1.807, 2.05) is 0 Å². The first-order valence-corrected chi connectivity index (χ1v) is 5.75. The lowest BCUT2D eigenvalue weighted by Crippen LogP contribution is -2.13. The predicted octanol–water partition coefficient (Wildman–Crippen LogP) is 3.40. The molecule has 0 saturated heterocycles. The van der Waals surface area contributed by atoms with E-state index in [-0.39, 0.29) is 5.56 Å². The van der Waals surface area contributed by atoms with Crippen LogP contribution in [0.5, 0.6) is 0 Å². The van der Waals surface area contributed by atoms with E-state index in [9.17, 15) is 18.0 Å². The van der Waals surface area contributed by atoms with Gasteiger partial charge in [0.2, 0.25) is 0 Å². The molecule has 0 aliphatic carbocycles. The largest absolute Gasteiger partial charge is 0.388 e. The van der Waals surface area contributed by atoms with Crippen molar-refractivity contribution in [2.24, 2.45) is 0 Å². The monoisotopic (exact) mass is 280 g/mol. The molecule has 20 heavy (non-hydrogen) atoms. The molecular formula is C14H11F3N2O. The molecule has 2 aromatic rings. The van der Waals surface area contributed by atoms with Crippen molar-refractivity contribution in [2.45, 2.75) is 0 Å². The van der Waals surface area contributed by atoms with Crippen molar-refractivity contribution in [3.05, 3.63) is 59.4 Å². The Morgan fingerprint density at radius 1 is 0.950 bits per heavy atom. The first-order valence-electron chi connectivity index (χ1n) is 5.75. The number of anilines is 2. The molecule has 0 saturated carbocycles. The topological polar surface area (TPSA) is 41.1 Å². The summed E-state index contributed by atoms with van der Waals surface area (Å²) in [4.78, 5) is 11.8. The molecule has 0 aliphatic heterocycles. The van der Waals surface area contributed by atoms with Crippen LogP contribution in [0.4, 0.5) is 24.5 Å². The molecule has 3 nitrogen and oxygen atoms in total. The summed E-state index contributed by atoms with van der Waals surface area (Å²) >= 11 is 0. The van der Waals surface area contributed by atoms with E-state index < -0.39 is 29.0 Å². The summed E-state index contributed by atoms with van der Waals surface area (Å²) in [6.45, 7) is 0. The molecule has 0 heterocycles. The summed E-state index contributed by atoms with van der Waals surface area (Å²) in [5.74, 6) is -4.19. The molecule has 2 aromatic carbocycles. The highest BCUT2D eigenvalue weighted by Gasteiger charge is 2.13. The van der Waals surface area contributed by atoms with Gasteiger partial charge in [-0.15, -0.1) is 0 Å². The first-order chi connectivity index (χ1) is 9.51. The second kappa shape index (κ2) is 5.64. The van der Waals surface area contributed by atoms with E-state index in [2.05, 4.69) is 10.6 Å². The highest BCUT2D eigenvalue weighted by atomic mass is 19.2. The van der Waals surface area contributed by atoms with Crippen molar-refractivity contribution in [3.8, 4) is 0 Å². The molecule has 0 unspecified atom stereocenters. The van der Waals surface area contributed by atoms with Gasteiger partial charge >= 0.3 is 0 Å². The molecule has 2 N–H and O–H groups in total. The molecule has 0 bridgehead atoms. The van der Waals surface area contributed by atoms with Gasteiger partial charge in [0, 0.05) is 30.4 Å². The van der Waals surface area contributed by atoms with Crippen molar-refractivity contribution < 1.29 is 18.0 Å².